The largest absolute Gasteiger partial charge is 0.394 e. The van der Waals surface area contributed by atoms with E-state index in [0.29, 0.717) is 12.8 Å². The van der Waals surface area contributed by atoms with Gasteiger partial charge >= 0.3 is 0 Å². The summed E-state index contributed by atoms with van der Waals surface area (Å²) in [4.78, 5) is 13.2. The van der Waals surface area contributed by atoms with Gasteiger partial charge in [-0.1, -0.05) is 177 Å². The molecule has 412 valence electrons. The van der Waals surface area contributed by atoms with Crippen LogP contribution in [0.2, 0.25) is 0 Å². The Morgan fingerprint density at radius 2 is 0.944 bits per heavy atom. The highest BCUT2D eigenvalue weighted by atomic mass is 16.7. The van der Waals surface area contributed by atoms with Gasteiger partial charge in [0.05, 0.1) is 32.0 Å². The number of amides is 1. The van der Waals surface area contributed by atoms with Gasteiger partial charge in [-0.3, -0.25) is 4.79 Å². The quantitative estimate of drug-likeness (QED) is 0.0206. The van der Waals surface area contributed by atoms with Crippen LogP contribution in [0, 0.1) is 0 Å². The predicted octanol–water partition coefficient (Wildman–Crippen LogP) is 8.61. The Morgan fingerprint density at radius 1 is 0.507 bits per heavy atom. The van der Waals surface area contributed by atoms with Crippen molar-refractivity contribution in [2.75, 3.05) is 19.8 Å². The van der Waals surface area contributed by atoms with Gasteiger partial charge in [0.25, 0.3) is 0 Å². The maximum Gasteiger partial charge on any atom is 0.220 e. The highest BCUT2D eigenvalue weighted by Gasteiger charge is 2.51. The van der Waals surface area contributed by atoms with Crippen molar-refractivity contribution in [3.63, 3.8) is 0 Å². The highest BCUT2D eigenvalue weighted by molar-refractivity contribution is 5.76. The average Bonchev–Trinajstić information content (AvgIpc) is 3.37. The molecule has 12 atom stereocenters. The third kappa shape index (κ3) is 29.4. The van der Waals surface area contributed by atoms with Crippen molar-refractivity contribution < 1.29 is 64.6 Å². The molecule has 2 saturated heterocycles. The molecule has 1 amide bonds. The summed E-state index contributed by atoms with van der Waals surface area (Å²) in [5, 5.41) is 86.9. The van der Waals surface area contributed by atoms with Crippen molar-refractivity contribution in [1.29, 1.82) is 0 Å². The molecule has 0 aromatic heterocycles. The van der Waals surface area contributed by atoms with Gasteiger partial charge in [0, 0.05) is 6.42 Å². The van der Waals surface area contributed by atoms with E-state index in [1.54, 1.807) is 6.08 Å². The Hall–Kier alpha value is -2.31. The summed E-state index contributed by atoms with van der Waals surface area (Å²) in [5.74, 6) is -0.263. The molecule has 0 bridgehead atoms. The van der Waals surface area contributed by atoms with E-state index < -0.39 is 86.8 Å². The second-order valence-corrected chi connectivity index (χ2v) is 19.7. The van der Waals surface area contributed by atoms with Crippen LogP contribution in [-0.4, -0.2) is 140 Å². The molecule has 0 aliphatic carbocycles. The van der Waals surface area contributed by atoms with E-state index in [4.69, 9.17) is 18.9 Å². The molecule has 0 spiro atoms. The number of ether oxygens (including phenoxy) is 4. The normalized spacial score (nSPS) is 26.2. The summed E-state index contributed by atoms with van der Waals surface area (Å²) in [5.41, 5.74) is 0. The molecular weight excluding hydrogens is 907 g/mol. The van der Waals surface area contributed by atoms with Gasteiger partial charge < -0.3 is 65.1 Å². The van der Waals surface area contributed by atoms with Crippen LogP contribution in [0.15, 0.2) is 60.8 Å². The van der Waals surface area contributed by atoms with E-state index in [1.165, 1.54) is 103 Å². The predicted molar refractivity (Wildman–Crippen MR) is 281 cm³/mol. The monoisotopic (exact) mass is 1010 g/mol. The first-order valence-electron chi connectivity index (χ1n) is 28.0. The van der Waals surface area contributed by atoms with Crippen LogP contribution in [0.25, 0.3) is 0 Å². The molecule has 2 heterocycles. The number of aliphatic hydroxyl groups excluding tert-OH is 8. The molecule has 2 rings (SSSR count). The fourth-order valence-corrected chi connectivity index (χ4v) is 8.82. The van der Waals surface area contributed by atoms with Crippen molar-refractivity contribution in [2.24, 2.45) is 0 Å². The van der Waals surface area contributed by atoms with Crippen LogP contribution >= 0.6 is 0 Å². The molecule has 14 heteroatoms. The van der Waals surface area contributed by atoms with Gasteiger partial charge in [-0.05, 0) is 77.0 Å². The molecular formula is C57H101NO13. The number of aliphatic hydroxyl groups is 8. The van der Waals surface area contributed by atoms with E-state index in [9.17, 15) is 45.6 Å². The van der Waals surface area contributed by atoms with E-state index in [0.717, 1.165) is 64.2 Å². The summed E-state index contributed by atoms with van der Waals surface area (Å²) < 4.78 is 22.7. The first-order valence-corrected chi connectivity index (χ1v) is 28.0. The number of carbonyl (C=O) groups excluding carboxylic acids is 1. The molecule has 0 aromatic rings. The van der Waals surface area contributed by atoms with E-state index >= 15 is 0 Å². The number of unbranched alkanes of at least 4 members (excludes halogenated alkanes) is 22. The van der Waals surface area contributed by atoms with Crippen molar-refractivity contribution in [1.82, 2.24) is 5.32 Å². The van der Waals surface area contributed by atoms with Crippen LogP contribution in [0.5, 0.6) is 0 Å². The van der Waals surface area contributed by atoms with Crippen LogP contribution in [0.1, 0.15) is 200 Å². The van der Waals surface area contributed by atoms with Crippen molar-refractivity contribution in [2.45, 2.75) is 274 Å². The molecule has 2 fully saturated rings. The van der Waals surface area contributed by atoms with Gasteiger partial charge in [0.2, 0.25) is 5.91 Å². The Labute approximate surface area is 428 Å². The summed E-state index contributed by atoms with van der Waals surface area (Å²) in [6.07, 6.45) is 36.8. The zero-order chi connectivity index (χ0) is 51.7. The SMILES string of the molecule is CCCCC/C=C\C/C=C\CCCCCCCCCC(=O)NC(COC1OC(CO)C(OC2OC(CO)C(O)C(O)C2O)C(O)C1O)C(O)/C=C/CC/C=C/CC/C=C/CCCCCCCCCCCC. The zero-order valence-electron chi connectivity index (χ0n) is 43.9. The second-order valence-electron chi connectivity index (χ2n) is 19.7. The third-order valence-corrected chi connectivity index (χ3v) is 13.4. The van der Waals surface area contributed by atoms with Gasteiger partial charge in [-0.25, -0.2) is 0 Å². The van der Waals surface area contributed by atoms with Crippen molar-refractivity contribution in [3.8, 4) is 0 Å². The molecule has 14 nitrogen and oxygen atoms in total. The molecule has 12 unspecified atom stereocenters. The molecule has 2 aliphatic rings. The topological polar surface area (TPSA) is 228 Å². The number of rotatable bonds is 43. The Kier molecular flexibility index (Phi) is 39.2. The van der Waals surface area contributed by atoms with Gasteiger partial charge in [-0.2, -0.15) is 0 Å². The number of hydrogen-bond acceptors (Lipinski definition) is 13. The molecule has 2 aliphatic heterocycles. The maximum absolute atomic E-state index is 13.2. The molecule has 0 saturated carbocycles. The molecule has 0 radical (unpaired) electrons. The molecule has 9 N–H and O–H groups in total. The smallest absolute Gasteiger partial charge is 0.220 e. The van der Waals surface area contributed by atoms with E-state index in [1.807, 2.05) is 6.08 Å². The number of allylic oxidation sites excluding steroid dienone is 9. The van der Waals surface area contributed by atoms with Crippen molar-refractivity contribution >= 4 is 5.91 Å². The van der Waals surface area contributed by atoms with E-state index in [-0.39, 0.29) is 18.9 Å². The summed E-state index contributed by atoms with van der Waals surface area (Å²) in [7, 11) is 0. The molecule has 0 aromatic carbocycles. The second kappa shape index (κ2) is 43.0. The fraction of sp³-hybridized carbons (Fsp3) is 0.807. The minimum atomic E-state index is -1.79. The lowest BCUT2D eigenvalue weighted by molar-refractivity contribution is -0.359. The summed E-state index contributed by atoms with van der Waals surface area (Å²) >= 11 is 0. The standard InChI is InChI=1S/C57H101NO13/c1-3-5-7-9-11-13-15-17-19-21-22-23-25-26-28-30-32-34-36-38-40-46(61)45(58-49(62)41-39-37-35-33-31-29-27-24-20-18-16-14-12-10-8-6-4-2)44-68-56-54(67)52(65)55(48(43-60)70-56)71-57-53(66)51(64)50(63)47(42-59)69-57/h12,14,18,20,23,25,30,32,38,40,45-48,50-57,59-61,63-67H,3-11,13,15-17,19,21-22,24,26-29,31,33-37,39,41-44H2,1-2H3,(H,58,62)/b14-12-,20-18-,25-23+,32-30+,40-38+. The number of nitrogens with one attached hydrogen (secondary N) is 1. The first-order chi connectivity index (χ1) is 34.6. The lowest BCUT2D eigenvalue weighted by atomic mass is 9.97. The maximum atomic E-state index is 13.2. The van der Waals surface area contributed by atoms with Gasteiger partial charge in [0.1, 0.15) is 48.8 Å². The average molecular weight is 1010 g/mol. The summed E-state index contributed by atoms with van der Waals surface area (Å²) in [6.45, 7) is 2.73. The van der Waals surface area contributed by atoms with Gasteiger partial charge in [-0.15, -0.1) is 0 Å². The Balaban J connectivity index is 1.84. The highest BCUT2D eigenvalue weighted by Crippen LogP contribution is 2.30. The van der Waals surface area contributed by atoms with Gasteiger partial charge in [0.15, 0.2) is 12.6 Å². The fourth-order valence-electron chi connectivity index (χ4n) is 8.82. The van der Waals surface area contributed by atoms with Crippen LogP contribution in [0.3, 0.4) is 0 Å². The number of carbonyl (C=O) groups is 1. The minimum Gasteiger partial charge on any atom is -0.394 e. The Morgan fingerprint density at radius 3 is 1.49 bits per heavy atom. The van der Waals surface area contributed by atoms with Crippen LogP contribution in [-0.2, 0) is 23.7 Å². The number of hydrogen-bond donors (Lipinski definition) is 9. The third-order valence-electron chi connectivity index (χ3n) is 13.4. The Bertz CT molecular complexity index is 1420. The lowest BCUT2D eigenvalue weighted by Gasteiger charge is -2.46. The molecule has 71 heavy (non-hydrogen) atoms. The summed E-state index contributed by atoms with van der Waals surface area (Å²) in [6, 6.07) is -0.944. The minimum absolute atomic E-state index is 0.259. The van der Waals surface area contributed by atoms with Crippen LogP contribution < -0.4 is 5.32 Å². The zero-order valence-corrected chi connectivity index (χ0v) is 43.9. The van der Waals surface area contributed by atoms with Crippen molar-refractivity contribution in [3.05, 3.63) is 60.8 Å². The lowest BCUT2D eigenvalue weighted by Crippen LogP contribution is -2.65. The van der Waals surface area contributed by atoms with Crippen LogP contribution in [0.4, 0.5) is 0 Å². The van der Waals surface area contributed by atoms with E-state index in [2.05, 4.69) is 67.8 Å². The first kappa shape index (κ1) is 64.8.